The summed E-state index contributed by atoms with van der Waals surface area (Å²) in [5, 5.41) is 10.3. The number of fused-ring (bicyclic) bond motifs is 1. The Labute approximate surface area is 220 Å². The van der Waals surface area contributed by atoms with E-state index in [1.807, 2.05) is 18.2 Å². The molecule has 1 saturated heterocycles. The Bertz CT molecular complexity index is 1330. The number of aromatic nitrogens is 3. The van der Waals surface area contributed by atoms with Gasteiger partial charge in [-0.2, -0.15) is 0 Å². The maximum absolute atomic E-state index is 13.0. The predicted molar refractivity (Wildman–Crippen MR) is 142 cm³/mol. The molecule has 38 heavy (non-hydrogen) atoms. The quantitative estimate of drug-likeness (QED) is 0.490. The highest BCUT2D eigenvalue weighted by Gasteiger charge is 2.29. The highest BCUT2D eigenvalue weighted by molar-refractivity contribution is 6.07. The van der Waals surface area contributed by atoms with Crippen LogP contribution in [0.4, 0.5) is 27.9 Å². The zero-order valence-corrected chi connectivity index (χ0v) is 22.1. The predicted octanol–water partition coefficient (Wildman–Crippen LogP) is 3.85. The third-order valence-electron chi connectivity index (χ3n) is 6.42. The second kappa shape index (κ2) is 10.4. The van der Waals surface area contributed by atoms with Crippen molar-refractivity contribution in [3.8, 4) is 0 Å². The van der Waals surface area contributed by atoms with Crippen molar-refractivity contribution < 1.29 is 23.6 Å². The van der Waals surface area contributed by atoms with Crippen molar-refractivity contribution in [1.29, 1.82) is 0 Å². The number of hydrogen-bond donors (Lipinski definition) is 2. The van der Waals surface area contributed by atoms with Gasteiger partial charge in [-0.25, -0.2) is 14.8 Å². The lowest BCUT2D eigenvalue weighted by Crippen LogP contribution is -2.39. The van der Waals surface area contributed by atoms with Crippen LogP contribution in [-0.4, -0.2) is 72.1 Å². The molecule has 3 aromatic rings. The zero-order chi connectivity index (χ0) is 26.9. The van der Waals surface area contributed by atoms with E-state index in [4.69, 9.17) is 19.0 Å². The Kier molecular flexibility index (Phi) is 7.06. The van der Waals surface area contributed by atoms with Crippen molar-refractivity contribution in [1.82, 2.24) is 20.4 Å². The number of ether oxygens (including phenoxy) is 2. The Morgan fingerprint density at radius 1 is 1.11 bits per heavy atom. The molecular weight excluding hydrogens is 490 g/mol. The zero-order valence-electron chi connectivity index (χ0n) is 22.1. The van der Waals surface area contributed by atoms with Crippen LogP contribution in [0.1, 0.15) is 50.6 Å². The third kappa shape index (κ3) is 5.64. The van der Waals surface area contributed by atoms with E-state index in [0.29, 0.717) is 30.5 Å². The minimum atomic E-state index is -0.694. The Morgan fingerprint density at radius 2 is 1.87 bits per heavy atom. The monoisotopic (exact) mass is 523 g/mol. The molecule has 0 radical (unpaired) electrons. The number of nitrogens with zero attached hydrogens (tertiary/aromatic N) is 5. The summed E-state index contributed by atoms with van der Waals surface area (Å²) in [7, 11) is 1.58. The first kappa shape index (κ1) is 25.7. The average molecular weight is 524 g/mol. The van der Waals surface area contributed by atoms with E-state index >= 15 is 0 Å². The molecule has 1 aliphatic carbocycles. The van der Waals surface area contributed by atoms with Gasteiger partial charge in [-0.3, -0.25) is 9.69 Å². The van der Waals surface area contributed by atoms with Crippen molar-refractivity contribution in [2.75, 3.05) is 48.5 Å². The minimum Gasteiger partial charge on any atom is -0.443 e. The molecule has 0 unspecified atom stereocenters. The number of carbonyl (C=O) groups is 2. The average Bonchev–Trinajstić information content (AvgIpc) is 3.29. The van der Waals surface area contributed by atoms with Crippen LogP contribution >= 0.6 is 0 Å². The summed E-state index contributed by atoms with van der Waals surface area (Å²) in [5.74, 6) is 1.35. The summed E-state index contributed by atoms with van der Waals surface area (Å²) < 4.78 is 16.5. The van der Waals surface area contributed by atoms with Gasteiger partial charge in [-0.1, -0.05) is 11.2 Å². The first-order valence-corrected chi connectivity index (χ1v) is 12.8. The summed E-state index contributed by atoms with van der Waals surface area (Å²) in [6.07, 6.45) is 2.35. The molecule has 12 nitrogen and oxygen atoms in total. The molecule has 2 fully saturated rings. The van der Waals surface area contributed by atoms with Crippen LogP contribution in [0.5, 0.6) is 0 Å². The molecule has 1 aliphatic heterocycles. The molecule has 0 aromatic carbocycles. The fourth-order valence-corrected chi connectivity index (χ4v) is 4.20. The van der Waals surface area contributed by atoms with E-state index in [1.54, 1.807) is 33.9 Å². The van der Waals surface area contributed by atoms with Crippen LogP contribution in [0.2, 0.25) is 0 Å². The van der Waals surface area contributed by atoms with E-state index < -0.39 is 11.7 Å². The second-order valence-electron chi connectivity index (χ2n) is 10.5. The third-order valence-corrected chi connectivity index (χ3v) is 6.42. The molecule has 2 N–H and O–H groups in total. The topological polar surface area (TPSA) is 135 Å². The maximum Gasteiger partial charge on any atom is 0.414 e. The Morgan fingerprint density at radius 3 is 2.55 bits per heavy atom. The number of hydrogen-bond acceptors (Lipinski definition) is 10. The van der Waals surface area contributed by atoms with Crippen molar-refractivity contribution >= 4 is 46.2 Å². The molecule has 2 aliphatic rings. The molecule has 12 heteroatoms. The van der Waals surface area contributed by atoms with Gasteiger partial charge in [-0.05, 0) is 52.2 Å². The molecule has 0 bridgehead atoms. The summed E-state index contributed by atoms with van der Waals surface area (Å²) in [6, 6.07) is 7.44. The SMILES string of the molecule is CN(C(=O)OC(C)(C)C)c1cc(Nc2cccc(N3CCOCC3)n2)nc2c(C(=O)NC3CCC3)onc12. The molecule has 0 spiro atoms. The normalized spacial score (nSPS) is 16.2. The molecule has 4 heterocycles. The van der Waals surface area contributed by atoms with E-state index in [-0.39, 0.29) is 28.7 Å². The Hall–Kier alpha value is -3.93. The van der Waals surface area contributed by atoms with E-state index in [0.717, 1.165) is 38.2 Å². The van der Waals surface area contributed by atoms with Gasteiger partial charge in [-0.15, -0.1) is 0 Å². The van der Waals surface area contributed by atoms with Gasteiger partial charge in [0.25, 0.3) is 5.91 Å². The van der Waals surface area contributed by atoms with Crippen LogP contribution in [0.25, 0.3) is 11.0 Å². The lowest BCUT2D eigenvalue weighted by molar-refractivity contribution is 0.0589. The molecule has 202 valence electrons. The lowest BCUT2D eigenvalue weighted by Gasteiger charge is -2.28. The van der Waals surface area contributed by atoms with Crippen molar-refractivity contribution in [3.05, 3.63) is 30.0 Å². The first-order chi connectivity index (χ1) is 18.2. The molecule has 1 saturated carbocycles. The number of carbonyl (C=O) groups excluding carboxylic acids is 2. The number of anilines is 4. The minimum absolute atomic E-state index is 0.00980. The summed E-state index contributed by atoms with van der Waals surface area (Å²) in [6.45, 7) is 8.19. The molecule has 0 atom stereocenters. The van der Waals surface area contributed by atoms with Gasteiger partial charge in [0.1, 0.15) is 28.6 Å². The second-order valence-corrected chi connectivity index (χ2v) is 10.5. The van der Waals surface area contributed by atoms with Crippen molar-refractivity contribution in [2.45, 2.75) is 51.7 Å². The van der Waals surface area contributed by atoms with E-state index in [9.17, 15) is 9.59 Å². The van der Waals surface area contributed by atoms with Crippen molar-refractivity contribution in [2.24, 2.45) is 0 Å². The van der Waals surface area contributed by atoms with Gasteiger partial charge in [0.2, 0.25) is 5.76 Å². The van der Waals surface area contributed by atoms with Crippen molar-refractivity contribution in [3.63, 3.8) is 0 Å². The van der Waals surface area contributed by atoms with Gasteiger partial charge < -0.3 is 29.5 Å². The van der Waals surface area contributed by atoms with Crippen LogP contribution < -0.4 is 20.4 Å². The summed E-state index contributed by atoms with van der Waals surface area (Å²) >= 11 is 0. The number of nitrogens with one attached hydrogen (secondary N) is 2. The number of rotatable bonds is 6. The van der Waals surface area contributed by atoms with Crippen LogP contribution in [0.15, 0.2) is 28.8 Å². The van der Waals surface area contributed by atoms with E-state index in [2.05, 4.69) is 25.7 Å². The fraction of sp³-hybridized carbons (Fsp3) is 0.500. The molecular formula is C26H33N7O5. The molecule has 2 amide bonds. The molecule has 3 aromatic heterocycles. The van der Waals surface area contributed by atoms with Gasteiger partial charge in [0.15, 0.2) is 5.52 Å². The summed E-state index contributed by atoms with van der Waals surface area (Å²) in [5.41, 5.74) is 0.196. The van der Waals surface area contributed by atoms with Gasteiger partial charge >= 0.3 is 6.09 Å². The lowest BCUT2D eigenvalue weighted by atomic mass is 9.93. The smallest absolute Gasteiger partial charge is 0.414 e. The number of pyridine rings is 2. The van der Waals surface area contributed by atoms with Crippen LogP contribution in [-0.2, 0) is 9.47 Å². The highest BCUT2D eigenvalue weighted by Crippen LogP contribution is 2.32. The molecule has 5 rings (SSSR count). The number of amides is 2. The van der Waals surface area contributed by atoms with Gasteiger partial charge in [0.05, 0.1) is 18.9 Å². The standard InChI is InChI=1S/C26H33N7O5/c1-26(2,3)37-25(35)32(4)17-15-19(28-18-9-6-10-20(29-18)33-11-13-36-14-12-33)30-22-21(17)31-38-23(22)24(34)27-16-7-5-8-16/h6,9-10,15-16H,5,7-8,11-14H2,1-4H3,(H,27,34)(H,28,29,30). The highest BCUT2D eigenvalue weighted by atomic mass is 16.6. The van der Waals surface area contributed by atoms with Crippen LogP contribution in [0, 0.1) is 0 Å². The van der Waals surface area contributed by atoms with Crippen LogP contribution in [0.3, 0.4) is 0 Å². The Balaban J connectivity index is 1.50. The fourth-order valence-electron chi connectivity index (χ4n) is 4.20. The number of morpholine rings is 1. The van der Waals surface area contributed by atoms with E-state index in [1.165, 1.54) is 4.90 Å². The first-order valence-electron chi connectivity index (χ1n) is 12.8. The maximum atomic E-state index is 13.0. The summed E-state index contributed by atoms with van der Waals surface area (Å²) in [4.78, 5) is 38.7. The van der Waals surface area contributed by atoms with Gasteiger partial charge in [0, 0.05) is 32.2 Å². The largest absolute Gasteiger partial charge is 0.443 e.